The number of anilines is 1. The summed E-state index contributed by atoms with van der Waals surface area (Å²) in [5.41, 5.74) is 7.11. The summed E-state index contributed by atoms with van der Waals surface area (Å²) in [6.45, 7) is 2.04. The SMILES string of the molecule is Cc1ccc(C(=O)Nc2ccc(-n3ccnc3)cc2)cc1Cc1ncccc1-c1ccncn1. The number of carbonyl (C=O) groups is 1. The van der Waals surface area contributed by atoms with Crippen molar-refractivity contribution in [2.75, 3.05) is 5.32 Å². The first-order valence-corrected chi connectivity index (χ1v) is 10.9. The van der Waals surface area contributed by atoms with Crippen LogP contribution in [0.2, 0.25) is 0 Å². The standard InChI is InChI=1S/C27H22N6O/c1-19-4-5-20(27(34)32-22-6-8-23(9-7-22)33-14-13-29-18-33)15-21(19)16-26-24(3-2-11-30-26)25-10-12-28-17-31-25/h2-15,17-18H,16H2,1H3,(H,32,34). The molecule has 0 radical (unpaired) electrons. The highest BCUT2D eigenvalue weighted by molar-refractivity contribution is 6.04. The molecule has 0 unspecified atom stereocenters. The smallest absolute Gasteiger partial charge is 0.255 e. The summed E-state index contributed by atoms with van der Waals surface area (Å²) < 4.78 is 1.91. The number of nitrogens with zero attached hydrogens (tertiary/aromatic N) is 5. The van der Waals surface area contributed by atoms with Crippen LogP contribution in [0.15, 0.2) is 98.1 Å². The van der Waals surface area contributed by atoms with Crippen molar-refractivity contribution in [1.82, 2.24) is 24.5 Å². The predicted molar refractivity (Wildman–Crippen MR) is 131 cm³/mol. The number of nitrogens with one attached hydrogen (secondary N) is 1. The van der Waals surface area contributed by atoms with Gasteiger partial charge in [0.2, 0.25) is 0 Å². The predicted octanol–water partition coefficient (Wildman–Crippen LogP) is 4.88. The Morgan fingerprint density at radius 1 is 0.941 bits per heavy atom. The van der Waals surface area contributed by atoms with Gasteiger partial charge in [-0.15, -0.1) is 0 Å². The van der Waals surface area contributed by atoms with Crippen molar-refractivity contribution in [1.29, 1.82) is 0 Å². The Balaban J connectivity index is 1.36. The molecule has 3 aromatic heterocycles. The van der Waals surface area contributed by atoms with Gasteiger partial charge in [-0.25, -0.2) is 15.0 Å². The second-order valence-electron chi connectivity index (χ2n) is 7.88. The van der Waals surface area contributed by atoms with Crippen LogP contribution in [0, 0.1) is 6.92 Å². The maximum atomic E-state index is 13.0. The van der Waals surface area contributed by atoms with E-state index in [0.29, 0.717) is 12.0 Å². The quantitative estimate of drug-likeness (QED) is 0.402. The highest BCUT2D eigenvalue weighted by Gasteiger charge is 2.13. The molecule has 7 nitrogen and oxygen atoms in total. The van der Waals surface area contributed by atoms with E-state index < -0.39 is 0 Å². The average molecular weight is 447 g/mol. The van der Waals surface area contributed by atoms with Crippen LogP contribution in [0.4, 0.5) is 5.69 Å². The summed E-state index contributed by atoms with van der Waals surface area (Å²) in [5, 5.41) is 2.98. The van der Waals surface area contributed by atoms with Gasteiger partial charge in [0.05, 0.1) is 17.7 Å². The monoisotopic (exact) mass is 446 g/mol. The summed E-state index contributed by atoms with van der Waals surface area (Å²) >= 11 is 0. The van der Waals surface area contributed by atoms with E-state index in [1.54, 1.807) is 24.9 Å². The van der Waals surface area contributed by atoms with E-state index in [1.807, 2.05) is 78.4 Å². The Bertz CT molecular complexity index is 1410. The van der Waals surface area contributed by atoms with E-state index in [-0.39, 0.29) is 5.91 Å². The number of benzene rings is 2. The zero-order valence-electron chi connectivity index (χ0n) is 18.6. The molecule has 0 aliphatic carbocycles. The summed E-state index contributed by atoms with van der Waals surface area (Å²) in [7, 11) is 0. The second kappa shape index (κ2) is 9.46. The third-order valence-electron chi connectivity index (χ3n) is 5.65. The van der Waals surface area contributed by atoms with Crippen molar-refractivity contribution in [3.05, 3.63) is 120 Å². The van der Waals surface area contributed by atoms with E-state index >= 15 is 0 Å². The fourth-order valence-electron chi connectivity index (χ4n) is 3.78. The maximum absolute atomic E-state index is 13.0. The number of carbonyl (C=O) groups excluding carboxylic acids is 1. The van der Waals surface area contributed by atoms with Gasteiger partial charge in [0.25, 0.3) is 5.91 Å². The van der Waals surface area contributed by atoms with E-state index in [9.17, 15) is 4.79 Å². The molecule has 0 saturated carbocycles. The first-order valence-electron chi connectivity index (χ1n) is 10.9. The fourth-order valence-corrected chi connectivity index (χ4v) is 3.78. The van der Waals surface area contributed by atoms with Crippen LogP contribution in [0.3, 0.4) is 0 Å². The lowest BCUT2D eigenvalue weighted by Crippen LogP contribution is -2.12. The van der Waals surface area contributed by atoms with Gasteiger partial charge in [0, 0.05) is 53.7 Å². The third-order valence-corrected chi connectivity index (χ3v) is 5.65. The topological polar surface area (TPSA) is 85.6 Å². The number of aromatic nitrogens is 5. The summed E-state index contributed by atoms with van der Waals surface area (Å²) in [4.78, 5) is 30.0. The highest BCUT2D eigenvalue weighted by Crippen LogP contribution is 2.24. The molecule has 0 fully saturated rings. The summed E-state index contributed by atoms with van der Waals surface area (Å²) in [6, 6.07) is 19.2. The van der Waals surface area contributed by atoms with Gasteiger partial charge in [0.15, 0.2) is 0 Å². The van der Waals surface area contributed by atoms with Crippen LogP contribution in [-0.2, 0) is 6.42 Å². The van der Waals surface area contributed by atoms with Gasteiger partial charge >= 0.3 is 0 Å². The fraction of sp³-hybridized carbons (Fsp3) is 0.0741. The Kier molecular flexibility index (Phi) is 5.90. The molecule has 5 rings (SSSR count). The molecule has 5 aromatic rings. The third kappa shape index (κ3) is 4.59. The number of amides is 1. The molecular formula is C27H22N6O. The molecule has 2 aromatic carbocycles. The molecule has 3 heterocycles. The Morgan fingerprint density at radius 2 is 1.82 bits per heavy atom. The lowest BCUT2D eigenvalue weighted by Gasteiger charge is -2.12. The molecule has 0 spiro atoms. The molecule has 166 valence electrons. The molecule has 0 saturated heterocycles. The van der Waals surface area contributed by atoms with Gasteiger partial charge < -0.3 is 9.88 Å². The second-order valence-corrected chi connectivity index (χ2v) is 7.88. The van der Waals surface area contributed by atoms with E-state index in [1.165, 1.54) is 6.33 Å². The van der Waals surface area contributed by atoms with Crippen molar-refractivity contribution in [2.24, 2.45) is 0 Å². The number of hydrogen-bond acceptors (Lipinski definition) is 5. The normalized spacial score (nSPS) is 10.7. The molecule has 0 aliphatic heterocycles. The van der Waals surface area contributed by atoms with Gasteiger partial charge in [-0.1, -0.05) is 6.07 Å². The van der Waals surface area contributed by atoms with Gasteiger partial charge in [0.1, 0.15) is 6.33 Å². The summed E-state index contributed by atoms with van der Waals surface area (Å²) in [5.74, 6) is -0.159. The highest BCUT2D eigenvalue weighted by atomic mass is 16.1. The largest absolute Gasteiger partial charge is 0.322 e. The minimum atomic E-state index is -0.159. The molecular weight excluding hydrogens is 424 g/mol. The Morgan fingerprint density at radius 3 is 2.59 bits per heavy atom. The Labute approximate surface area is 197 Å². The summed E-state index contributed by atoms with van der Waals surface area (Å²) in [6.07, 6.45) is 11.0. The molecule has 1 amide bonds. The molecule has 34 heavy (non-hydrogen) atoms. The molecule has 0 bridgehead atoms. The first-order chi connectivity index (χ1) is 16.7. The molecule has 1 N–H and O–H groups in total. The number of rotatable bonds is 6. The molecule has 7 heteroatoms. The maximum Gasteiger partial charge on any atom is 0.255 e. The number of hydrogen-bond donors (Lipinski definition) is 1. The Hall–Kier alpha value is -4.65. The minimum Gasteiger partial charge on any atom is -0.322 e. The lowest BCUT2D eigenvalue weighted by molar-refractivity contribution is 0.102. The van der Waals surface area contributed by atoms with Crippen molar-refractivity contribution in [2.45, 2.75) is 13.3 Å². The van der Waals surface area contributed by atoms with Gasteiger partial charge in [-0.05, 0) is 72.6 Å². The van der Waals surface area contributed by atoms with Crippen LogP contribution >= 0.6 is 0 Å². The van der Waals surface area contributed by atoms with Crippen molar-refractivity contribution < 1.29 is 4.79 Å². The zero-order valence-corrected chi connectivity index (χ0v) is 18.6. The van der Waals surface area contributed by atoms with Crippen molar-refractivity contribution in [3.8, 4) is 16.9 Å². The van der Waals surface area contributed by atoms with Gasteiger partial charge in [-0.3, -0.25) is 9.78 Å². The van der Waals surface area contributed by atoms with E-state index in [2.05, 4.69) is 25.3 Å². The van der Waals surface area contributed by atoms with Crippen LogP contribution in [0.1, 0.15) is 27.2 Å². The van der Waals surface area contributed by atoms with Crippen LogP contribution in [0.5, 0.6) is 0 Å². The van der Waals surface area contributed by atoms with Crippen molar-refractivity contribution in [3.63, 3.8) is 0 Å². The number of pyridine rings is 1. The molecule has 0 aliphatic rings. The zero-order chi connectivity index (χ0) is 23.3. The van der Waals surface area contributed by atoms with E-state index in [4.69, 9.17) is 0 Å². The minimum absolute atomic E-state index is 0.159. The van der Waals surface area contributed by atoms with E-state index in [0.717, 1.165) is 39.5 Å². The van der Waals surface area contributed by atoms with Gasteiger partial charge in [-0.2, -0.15) is 0 Å². The first kappa shape index (κ1) is 21.2. The number of imidazole rings is 1. The van der Waals surface area contributed by atoms with Crippen molar-refractivity contribution >= 4 is 11.6 Å². The lowest BCUT2D eigenvalue weighted by atomic mass is 9.97. The average Bonchev–Trinajstić information content (AvgIpc) is 3.42. The van der Waals surface area contributed by atoms with Crippen LogP contribution in [-0.4, -0.2) is 30.4 Å². The molecule has 0 atom stereocenters. The number of aryl methyl sites for hydroxylation is 1. The van der Waals surface area contributed by atoms with Crippen LogP contribution in [0.25, 0.3) is 16.9 Å². The van der Waals surface area contributed by atoms with Crippen LogP contribution < -0.4 is 5.32 Å².